The summed E-state index contributed by atoms with van der Waals surface area (Å²) in [6.45, 7) is 5.64. The lowest BCUT2D eigenvalue weighted by Crippen LogP contribution is -2.51. The second kappa shape index (κ2) is 10.8. The number of carbonyl (C=O) groups is 1. The van der Waals surface area contributed by atoms with E-state index < -0.39 is 0 Å². The van der Waals surface area contributed by atoms with Crippen molar-refractivity contribution in [3.63, 3.8) is 0 Å². The van der Waals surface area contributed by atoms with Gasteiger partial charge in [-0.2, -0.15) is 11.8 Å². The van der Waals surface area contributed by atoms with E-state index in [0.29, 0.717) is 5.25 Å². The van der Waals surface area contributed by atoms with Gasteiger partial charge in [0.1, 0.15) is 6.61 Å². The minimum absolute atomic E-state index is 0.179. The van der Waals surface area contributed by atoms with Crippen LogP contribution in [0.15, 0.2) is 0 Å². The summed E-state index contributed by atoms with van der Waals surface area (Å²) in [5.41, 5.74) is 0. The van der Waals surface area contributed by atoms with E-state index >= 15 is 0 Å². The maximum atomic E-state index is 13.0. The van der Waals surface area contributed by atoms with Crippen LogP contribution in [0.3, 0.4) is 0 Å². The Morgan fingerprint density at radius 3 is 2.48 bits per heavy atom. The highest BCUT2D eigenvalue weighted by atomic mass is 32.2. The molecule has 4 nitrogen and oxygen atoms in total. The molecule has 2 aliphatic rings. The van der Waals surface area contributed by atoms with Crippen LogP contribution in [0.25, 0.3) is 0 Å². The predicted molar refractivity (Wildman–Crippen MR) is 107 cm³/mol. The average molecular weight is 371 g/mol. The Bertz CT molecular complexity index is 391. The summed E-state index contributed by atoms with van der Waals surface area (Å²) in [4.78, 5) is 17.3. The molecule has 2 rings (SSSR count). The van der Waals surface area contributed by atoms with Crippen LogP contribution in [0, 0.1) is 5.92 Å². The number of amides is 1. The Balaban J connectivity index is 1.93. The van der Waals surface area contributed by atoms with Crippen LogP contribution in [0.1, 0.15) is 65.2 Å². The van der Waals surface area contributed by atoms with Gasteiger partial charge in [-0.25, -0.2) is 0 Å². The molecule has 5 heteroatoms. The van der Waals surface area contributed by atoms with Crippen LogP contribution in [0.4, 0.5) is 0 Å². The van der Waals surface area contributed by atoms with Gasteiger partial charge in [-0.05, 0) is 70.7 Å². The number of hydrogen-bond acceptors (Lipinski definition) is 4. The van der Waals surface area contributed by atoms with Gasteiger partial charge in [-0.3, -0.25) is 9.69 Å². The van der Waals surface area contributed by atoms with Gasteiger partial charge in [0.05, 0.1) is 12.3 Å². The average Bonchev–Trinajstić information content (AvgIpc) is 3.10. The number of ether oxygens (including phenoxy) is 1. The smallest absolute Gasteiger partial charge is 0.249 e. The van der Waals surface area contributed by atoms with Crippen molar-refractivity contribution in [1.82, 2.24) is 9.80 Å². The molecule has 2 unspecified atom stereocenters. The molecule has 146 valence electrons. The van der Waals surface area contributed by atoms with E-state index in [1.807, 2.05) is 11.8 Å². The summed E-state index contributed by atoms with van der Waals surface area (Å²) in [7, 11) is 4.18. The quantitative estimate of drug-likeness (QED) is 0.575. The molecule has 1 amide bonds. The lowest BCUT2D eigenvalue weighted by atomic mass is 9.89. The third-order valence-corrected chi connectivity index (χ3v) is 7.03. The third kappa shape index (κ3) is 6.76. The van der Waals surface area contributed by atoms with Crippen LogP contribution >= 0.6 is 11.8 Å². The Morgan fingerprint density at radius 1 is 1.20 bits per heavy atom. The van der Waals surface area contributed by atoms with Crippen molar-refractivity contribution in [1.29, 1.82) is 0 Å². The molecular weight excluding hydrogens is 332 g/mol. The molecule has 0 bridgehead atoms. The first-order valence-electron chi connectivity index (χ1n) is 10.2. The van der Waals surface area contributed by atoms with E-state index in [1.165, 1.54) is 31.4 Å². The van der Waals surface area contributed by atoms with Gasteiger partial charge >= 0.3 is 0 Å². The maximum absolute atomic E-state index is 13.0. The zero-order chi connectivity index (χ0) is 18.2. The van der Waals surface area contributed by atoms with Crippen molar-refractivity contribution in [2.24, 2.45) is 5.92 Å². The zero-order valence-electron chi connectivity index (χ0n) is 16.7. The summed E-state index contributed by atoms with van der Waals surface area (Å²) in [6.07, 6.45) is 9.80. The van der Waals surface area contributed by atoms with Gasteiger partial charge in [-0.15, -0.1) is 0 Å². The van der Waals surface area contributed by atoms with E-state index in [-0.39, 0.29) is 24.8 Å². The fourth-order valence-corrected chi connectivity index (χ4v) is 5.28. The van der Waals surface area contributed by atoms with Crippen molar-refractivity contribution < 1.29 is 9.53 Å². The summed E-state index contributed by atoms with van der Waals surface area (Å²) in [5.74, 6) is 2.23. The molecule has 2 atom stereocenters. The minimum Gasteiger partial charge on any atom is -0.368 e. The van der Waals surface area contributed by atoms with Crippen LogP contribution in [-0.2, 0) is 9.53 Å². The van der Waals surface area contributed by atoms with E-state index in [4.69, 9.17) is 4.74 Å². The summed E-state index contributed by atoms with van der Waals surface area (Å²) in [6, 6.07) is 0. The van der Waals surface area contributed by atoms with Gasteiger partial charge in [0.15, 0.2) is 0 Å². The van der Waals surface area contributed by atoms with Gasteiger partial charge in [-0.1, -0.05) is 20.3 Å². The fourth-order valence-electron chi connectivity index (χ4n) is 4.02. The van der Waals surface area contributed by atoms with Crippen molar-refractivity contribution >= 4 is 17.7 Å². The number of carbonyl (C=O) groups excluding carboxylic acids is 1. The number of thioether (sulfide) groups is 1. The minimum atomic E-state index is 0.179. The summed E-state index contributed by atoms with van der Waals surface area (Å²) < 4.78 is 6.03. The third-order valence-electron chi connectivity index (χ3n) is 5.65. The van der Waals surface area contributed by atoms with E-state index in [0.717, 1.165) is 38.1 Å². The Kier molecular flexibility index (Phi) is 9.08. The van der Waals surface area contributed by atoms with Crippen LogP contribution in [-0.4, -0.2) is 66.2 Å². The van der Waals surface area contributed by atoms with E-state index in [2.05, 4.69) is 37.7 Å². The van der Waals surface area contributed by atoms with Crippen molar-refractivity contribution in [3.8, 4) is 0 Å². The second-order valence-electron chi connectivity index (χ2n) is 8.11. The SMILES string of the molecule is CCCC(N(C)C)N(CC1CCCS1)C(=O)COC1CCC(C)CC1. The first-order valence-corrected chi connectivity index (χ1v) is 11.2. The van der Waals surface area contributed by atoms with Crippen molar-refractivity contribution in [2.45, 2.75) is 82.7 Å². The molecule has 1 saturated carbocycles. The Hall–Kier alpha value is -0.260. The zero-order valence-corrected chi connectivity index (χ0v) is 17.5. The molecule has 1 aliphatic carbocycles. The molecule has 0 radical (unpaired) electrons. The molecule has 0 aromatic carbocycles. The highest BCUT2D eigenvalue weighted by Crippen LogP contribution is 2.29. The van der Waals surface area contributed by atoms with E-state index in [1.54, 1.807) is 0 Å². The first kappa shape index (κ1) is 21.0. The van der Waals surface area contributed by atoms with E-state index in [9.17, 15) is 4.79 Å². The van der Waals surface area contributed by atoms with Gasteiger partial charge < -0.3 is 9.64 Å². The molecule has 25 heavy (non-hydrogen) atoms. The maximum Gasteiger partial charge on any atom is 0.249 e. The highest BCUT2D eigenvalue weighted by Gasteiger charge is 2.30. The van der Waals surface area contributed by atoms with Gasteiger partial charge in [0.25, 0.3) is 0 Å². The predicted octanol–water partition coefficient (Wildman–Crippen LogP) is 3.99. The lowest BCUT2D eigenvalue weighted by molar-refractivity contribution is -0.145. The van der Waals surface area contributed by atoms with Crippen molar-refractivity contribution in [2.75, 3.05) is 33.0 Å². The van der Waals surface area contributed by atoms with Crippen molar-refractivity contribution in [3.05, 3.63) is 0 Å². The lowest BCUT2D eigenvalue weighted by Gasteiger charge is -2.38. The molecule has 1 saturated heterocycles. The molecule has 2 fully saturated rings. The normalized spacial score (nSPS) is 28.3. The molecular formula is C20H38N2O2S. The molecule has 0 aromatic heterocycles. The first-order chi connectivity index (χ1) is 12.0. The van der Waals surface area contributed by atoms with Gasteiger partial charge in [0.2, 0.25) is 5.91 Å². The van der Waals surface area contributed by atoms with Gasteiger partial charge in [0, 0.05) is 11.8 Å². The number of hydrogen-bond donors (Lipinski definition) is 0. The molecule has 1 heterocycles. The fraction of sp³-hybridized carbons (Fsp3) is 0.950. The molecule has 0 aromatic rings. The number of rotatable bonds is 9. The highest BCUT2D eigenvalue weighted by molar-refractivity contribution is 8.00. The Labute approximate surface area is 159 Å². The summed E-state index contributed by atoms with van der Waals surface area (Å²) in [5, 5.41) is 0.596. The monoisotopic (exact) mass is 370 g/mol. The van der Waals surface area contributed by atoms with Crippen LogP contribution < -0.4 is 0 Å². The molecule has 0 N–H and O–H groups in total. The standard InChI is InChI=1S/C20H38N2O2S/c1-5-7-19(21(3)4)22(14-18-8-6-13-25-18)20(23)15-24-17-11-9-16(2)10-12-17/h16-19H,5-15H2,1-4H3. The van der Waals surface area contributed by atoms with Crippen LogP contribution in [0.5, 0.6) is 0 Å². The Morgan fingerprint density at radius 2 is 1.92 bits per heavy atom. The topological polar surface area (TPSA) is 32.8 Å². The number of nitrogens with zero attached hydrogens (tertiary/aromatic N) is 2. The van der Waals surface area contributed by atoms with Crippen LogP contribution in [0.2, 0.25) is 0 Å². The second-order valence-corrected chi connectivity index (χ2v) is 9.52. The largest absolute Gasteiger partial charge is 0.368 e. The molecule has 1 aliphatic heterocycles. The molecule has 0 spiro atoms. The summed E-state index contributed by atoms with van der Waals surface area (Å²) >= 11 is 2.03.